The molecule has 1 aromatic rings. The predicted octanol–water partition coefficient (Wildman–Crippen LogP) is 0.496. The van der Waals surface area contributed by atoms with Crippen molar-refractivity contribution in [2.24, 2.45) is 10.9 Å². The van der Waals surface area contributed by atoms with Gasteiger partial charge in [-0.15, -0.1) is 0 Å². The van der Waals surface area contributed by atoms with E-state index in [1.165, 1.54) is 0 Å². The molecule has 1 atom stereocenters. The Balaban J connectivity index is 1.88. The highest BCUT2D eigenvalue weighted by Crippen LogP contribution is 2.32. The van der Waals surface area contributed by atoms with Crippen LogP contribution in [-0.2, 0) is 10.0 Å². The first-order chi connectivity index (χ1) is 8.58. The van der Waals surface area contributed by atoms with Crippen LogP contribution < -0.4 is 4.72 Å². The van der Waals surface area contributed by atoms with Crippen LogP contribution in [0.15, 0.2) is 34.2 Å². The first-order valence-electron chi connectivity index (χ1n) is 5.93. The molecule has 1 aliphatic carbocycles. The van der Waals surface area contributed by atoms with E-state index in [1.54, 1.807) is 24.3 Å². The Morgan fingerprint density at radius 2 is 2.11 bits per heavy atom. The number of aliphatic imine (C=N–C) groups is 1. The van der Waals surface area contributed by atoms with E-state index < -0.39 is 16.1 Å². The topological polar surface area (TPSA) is 78.8 Å². The number of amidine groups is 1. The lowest BCUT2D eigenvalue weighted by Crippen LogP contribution is -2.24. The van der Waals surface area contributed by atoms with E-state index in [2.05, 4.69) is 9.71 Å². The molecule has 1 heterocycles. The van der Waals surface area contributed by atoms with Gasteiger partial charge in [0.2, 0.25) is 0 Å². The van der Waals surface area contributed by atoms with Crippen molar-refractivity contribution < 1.29 is 13.5 Å². The molecule has 2 N–H and O–H groups in total. The highest BCUT2D eigenvalue weighted by Gasteiger charge is 2.32. The molecule has 5 nitrogen and oxygen atoms in total. The summed E-state index contributed by atoms with van der Waals surface area (Å²) in [5.41, 5.74) is 0.584. The number of sulfonamides is 1. The predicted molar refractivity (Wildman–Crippen MR) is 66.9 cm³/mol. The third kappa shape index (κ3) is 2.02. The van der Waals surface area contributed by atoms with Gasteiger partial charge in [-0.25, -0.2) is 8.42 Å². The molecule has 0 saturated heterocycles. The summed E-state index contributed by atoms with van der Waals surface area (Å²) < 4.78 is 26.0. The minimum atomic E-state index is -3.47. The lowest BCUT2D eigenvalue weighted by atomic mass is 10.2. The second-order valence-corrected chi connectivity index (χ2v) is 6.35. The van der Waals surface area contributed by atoms with Gasteiger partial charge in [-0.3, -0.25) is 9.71 Å². The number of hydrogen-bond donors (Lipinski definition) is 2. The largest absolute Gasteiger partial charge is 0.391 e. The fraction of sp³-hybridized carbons (Fsp3) is 0.417. The van der Waals surface area contributed by atoms with Crippen molar-refractivity contribution in [3.8, 4) is 0 Å². The Kier molecular flexibility index (Phi) is 2.64. The van der Waals surface area contributed by atoms with Gasteiger partial charge in [-0.1, -0.05) is 12.1 Å². The SMILES string of the molecule is O=S1(=O)NC(=NCC(O)C2CC2)c2ccccc21. The molecule has 0 amide bonds. The van der Waals surface area contributed by atoms with E-state index in [-0.39, 0.29) is 11.4 Å². The van der Waals surface area contributed by atoms with Crippen LogP contribution in [0.5, 0.6) is 0 Å². The Morgan fingerprint density at radius 1 is 1.39 bits per heavy atom. The molecule has 6 heteroatoms. The van der Waals surface area contributed by atoms with Crippen molar-refractivity contribution in [2.45, 2.75) is 23.8 Å². The van der Waals surface area contributed by atoms with Gasteiger partial charge in [-0.2, -0.15) is 0 Å². The lowest BCUT2D eigenvalue weighted by Gasteiger charge is -2.05. The molecule has 3 rings (SSSR count). The minimum absolute atomic E-state index is 0.247. The summed E-state index contributed by atoms with van der Waals surface area (Å²) in [7, 11) is -3.47. The van der Waals surface area contributed by atoms with E-state index in [4.69, 9.17) is 0 Å². The van der Waals surface area contributed by atoms with E-state index in [0.717, 1.165) is 12.8 Å². The number of fused-ring (bicyclic) bond motifs is 1. The summed E-state index contributed by atoms with van der Waals surface area (Å²) in [6.45, 7) is 0.247. The molecule has 0 radical (unpaired) electrons. The lowest BCUT2D eigenvalue weighted by molar-refractivity contribution is 0.160. The molecular weight excluding hydrogens is 252 g/mol. The molecule has 1 aromatic carbocycles. The molecule has 2 aliphatic rings. The van der Waals surface area contributed by atoms with E-state index in [9.17, 15) is 13.5 Å². The molecule has 1 aliphatic heterocycles. The van der Waals surface area contributed by atoms with Crippen LogP contribution in [-0.4, -0.2) is 32.0 Å². The number of aliphatic hydroxyl groups excluding tert-OH is 1. The molecule has 1 saturated carbocycles. The second kappa shape index (κ2) is 4.07. The fourth-order valence-electron chi connectivity index (χ4n) is 2.07. The smallest absolute Gasteiger partial charge is 0.263 e. The zero-order valence-electron chi connectivity index (χ0n) is 9.70. The van der Waals surface area contributed by atoms with Crippen molar-refractivity contribution >= 4 is 15.9 Å². The molecule has 1 fully saturated rings. The summed E-state index contributed by atoms with van der Waals surface area (Å²) in [4.78, 5) is 4.45. The summed E-state index contributed by atoms with van der Waals surface area (Å²) in [5.74, 6) is 0.674. The number of rotatable bonds is 3. The maximum absolute atomic E-state index is 11.8. The van der Waals surface area contributed by atoms with Gasteiger partial charge in [0.25, 0.3) is 10.0 Å². The molecular formula is C12H14N2O3S. The third-order valence-corrected chi connectivity index (χ3v) is 4.66. The van der Waals surface area contributed by atoms with Gasteiger partial charge in [0, 0.05) is 5.56 Å². The zero-order chi connectivity index (χ0) is 12.8. The molecule has 1 unspecified atom stereocenters. The van der Waals surface area contributed by atoms with Gasteiger partial charge in [0.15, 0.2) is 0 Å². The van der Waals surface area contributed by atoms with E-state index >= 15 is 0 Å². The van der Waals surface area contributed by atoms with Crippen molar-refractivity contribution in [2.75, 3.05) is 6.54 Å². The highest BCUT2D eigenvalue weighted by atomic mass is 32.2. The average Bonchev–Trinajstić information content (AvgIpc) is 3.15. The maximum Gasteiger partial charge on any atom is 0.263 e. The van der Waals surface area contributed by atoms with Crippen LogP contribution in [0, 0.1) is 5.92 Å². The Morgan fingerprint density at radius 3 is 2.83 bits per heavy atom. The third-order valence-electron chi connectivity index (χ3n) is 3.27. The van der Waals surface area contributed by atoms with Gasteiger partial charge in [0.1, 0.15) is 5.84 Å². The number of benzene rings is 1. The Labute approximate surface area is 106 Å². The summed E-state index contributed by atoms with van der Waals surface area (Å²) >= 11 is 0. The summed E-state index contributed by atoms with van der Waals surface area (Å²) in [6, 6.07) is 6.72. The van der Waals surface area contributed by atoms with Crippen LogP contribution in [0.3, 0.4) is 0 Å². The quantitative estimate of drug-likeness (QED) is 0.836. The van der Waals surface area contributed by atoms with Crippen LogP contribution in [0.2, 0.25) is 0 Å². The summed E-state index contributed by atoms with van der Waals surface area (Å²) in [6.07, 6.45) is 1.61. The van der Waals surface area contributed by atoms with E-state index in [1.807, 2.05) is 0 Å². The normalized spacial score (nSPS) is 24.6. The fourth-order valence-corrected chi connectivity index (χ4v) is 3.32. The van der Waals surface area contributed by atoms with Gasteiger partial charge in [-0.05, 0) is 30.9 Å². The Hall–Kier alpha value is -1.40. The maximum atomic E-state index is 11.8. The van der Waals surface area contributed by atoms with Gasteiger partial charge < -0.3 is 5.11 Å². The highest BCUT2D eigenvalue weighted by molar-refractivity contribution is 7.90. The first kappa shape index (κ1) is 11.7. The zero-order valence-corrected chi connectivity index (χ0v) is 10.5. The van der Waals surface area contributed by atoms with Crippen molar-refractivity contribution in [3.63, 3.8) is 0 Å². The van der Waals surface area contributed by atoms with Crippen LogP contribution >= 0.6 is 0 Å². The molecule has 0 aromatic heterocycles. The Bertz CT molecular complexity index is 606. The van der Waals surface area contributed by atoms with Crippen molar-refractivity contribution in [1.29, 1.82) is 0 Å². The second-order valence-electron chi connectivity index (χ2n) is 4.70. The van der Waals surface area contributed by atoms with Crippen LogP contribution in [0.1, 0.15) is 18.4 Å². The van der Waals surface area contributed by atoms with Crippen LogP contribution in [0.25, 0.3) is 0 Å². The standard InChI is InChI=1S/C12H14N2O3S/c15-10(8-5-6-8)7-13-12-9-3-1-2-4-11(9)18(16,17)14-12/h1-4,8,10,15H,5-7H2,(H,13,14). The number of hydrogen-bond acceptors (Lipinski definition) is 4. The van der Waals surface area contributed by atoms with Gasteiger partial charge >= 0.3 is 0 Å². The minimum Gasteiger partial charge on any atom is -0.391 e. The number of nitrogens with one attached hydrogen (secondary N) is 1. The summed E-state index contributed by atoms with van der Waals surface area (Å²) in [5, 5.41) is 9.74. The van der Waals surface area contributed by atoms with Crippen LogP contribution in [0.4, 0.5) is 0 Å². The molecule has 96 valence electrons. The molecule has 0 bridgehead atoms. The molecule has 18 heavy (non-hydrogen) atoms. The number of nitrogens with zero attached hydrogens (tertiary/aromatic N) is 1. The monoisotopic (exact) mass is 266 g/mol. The first-order valence-corrected chi connectivity index (χ1v) is 7.41. The molecule has 0 spiro atoms. The average molecular weight is 266 g/mol. The van der Waals surface area contributed by atoms with Crippen molar-refractivity contribution in [3.05, 3.63) is 29.8 Å². The number of aliphatic hydroxyl groups is 1. The van der Waals surface area contributed by atoms with Gasteiger partial charge in [0.05, 0.1) is 17.5 Å². The van der Waals surface area contributed by atoms with Crippen molar-refractivity contribution in [1.82, 2.24) is 4.72 Å². The van der Waals surface area contributed by atoms with E-state index in [0.29, 0.717) is 17.3 Å².